The average molecular weight is 334 g/mol. The third-order valence-corrected chi connectivity index (χ3v) is 6.95. The minimum Gasteiger partial charge on any atom is -0.351 e. The Morgan fingerprint density at radius 1 is 1.42 bits per heavy atom. The molecular weight excluding hydrogens is 308 g/mol. The van der Waals surface area contributed by atoms with Gasteiger partial charge in [-0.3, -0.25) is 19.6 Å². The maximum atomic E-state index is 12.5. The van der Waals surface area contributed by atoms with Crippen LogP contribution in [0.15, 0.2) is 0 Å². The summed E-state index contributed by atoms with van der Waals surface area (Å²) >= 11 is 0. The summed E-state index contributed by atoms with van der Waals surface area (Å²) in [4.78, 5) is 23.1. The average Bonchev–Trinajstić information content (AvgIpc) is 2.93. The van der Waals surface area contributed by atoms with Crippen molar-refractivity contribution >= 4 is 11.6 Å². The van der Waals surface area contributed by atoms with Crippen molar-refractivity contribution in [2.75, 3.05) is 0 Å². The molecule has 0 radical (unpaired) electrons. The number of carbonyl (C=O) groups excluding carboxylic acids is 1. The molecule has 7 nitrogen and oxygen atoms in total. The van der Waals surface area contributed by atoms with Crippen LogP contribution < -0.4 is 5.32 Å². The lowest BCUT2D eigenvalue weighted by molar-refractivity contribution is -0.386. The molecule has 0 aliphatic heterocycles. The lowest BCUT2D eigenvalue weighted by Gasteiger charge is -2.39. The van der Waals surface area contributed by atoms with Crippen molar-refractivity contribution in [3.63, 3.8) is 0 Å². The zero-order valence-corrected chi connectivity index (χ0v) is 15.0. The van der Waals surface area contributed by atoms with E-state index in [9.17, 15) is 14.9 Å². The second-order valence-electron chi connectivity index (χ2n) is 8.16. The summed E-state index contributed by atoms with van der Waals surface area (Å²) in [6.07, 6.45) is 3.40. The number of aromatic nitrogens is 2. The minimum absolute atomic E-state index is 0.00387. The summed E-state index contributed by atoms with van der Waals surface area (Å²) < 4.78 is 1.43. The third-order valence-electron chi connectivity index (χ3n) is 6.95. The maximum Gasteiger partial charge on any atom is 0.312 e. The third kappa shape index (κ3) is 2.24. The van der Waals surface area contributed by atoms with Gasteiger partial charge in [-0.1, -0.05) is 20.8 Å². The lowest BCUT2D eigenvalue weighted by Crippen LogP contribution is -2.47. The van der Waals surface area contributed by atoms with E-state index in [1.807, 2.05) is 0 Å². The highest BCUT2D eigenvalue weighted by molar-refractivity contribution is 5.76. The van der Waals surface area contributed by atoms with Gasteiger partial charge in [0.2, 0.25) is 5.91 Å². The van der Waals surface area contributed by atoms with Gasteiger partial charge < -0.3 is 5.32 Å². The van der Waals surface area contributed by atoms with Crippen molar-refractivity contribution in [3.05, 3.63) is 21.5 Å². The molecule has 0 aromatic carbocycles. The molecule has 3 atom stereocenters. The summed E-state index contributed by atoms with van der Waals surface area (Å²) in [5.74, 6) is 0.535. The summed E-state index contributed by atoms with van der Waals surface area (Å²) in [5.41, 5.74) is 1.12. The van der Waals surface area contributed by atoms with Gasteiger partial charge in [-0.25, -0.2) is 0 Å². The molecule has 24 heavy (non-hydrogen) atoms. The topological polar surface area (TPSA) is 90.1 Å². The molecule has 0 spiro atoms. The molecule has 1 amide bonds. The van der Waals surface area contributed by atoms with Crippen LogP contribution in [-0.2, 0) is 11.3 Å². The molecule has 1 aromatic rings. The van der Waals surface area contributed by atoms with E-state index in [-0.39, 0.29) is 35.0 Å². The van der Waals surface area contributed by atoms with Crippen LogP contribution in [0.1, 0.15) is 51.4 Å². The first kappa shape index (κ1) is 16.9. The highest BCUT2D eigenvalue weighted by atomic mass is 16.6. The van der Waals surface area contributed by atoms with Gasteiger partial charge in [-0.05, 0) is 49.9 Å². The van der Waals surface area contributed by atoms with E-state index in [1.54, 1.807) is 13.8 Å². The molecule has 1 aromatic heterocycles. The minimum atomic E-state index is -0.439. The molecular formula is C17H26N4O3. The molecule has 132 valence electrons. The number of hydrogen-bond donors (Lipinski definition) is 1. The lowest BCUT2D eigenvalue weighted by atomic mass is 9.69. The molecule has 3 rings (SSSR count). The van der Waals surface area contributed by atoms with E-state index < -0.39 is 4.92 Å². The summed E-state index contributed by atoms with van der Waals surface area (Å²) in [7, 11) is 0. The van der Waals surface area contributed by atoms with Gasteiger partial charge in [0.15, 0.2) is 0 Å². The van der Waals surface area contributed by atoms with Crippen LogP contribution in [0.25, 0.3) is 0 Å². The van der Waals surface area contributed by atoms with Crippen LogP contribution >= 0.6 is 0 Å². The first-order valence-electron chi connectivity index (χ1n) is 8.55. The number of fused-ring (bicyclic) bond motifs is 2. The van der Waals surface area contributed by atoms with Gasteiger partial charge in [-0.2, -0.15) is 5.10 Å². The number of carbonyl (C=O) groups is 1. The zero-order valence-electron chi connectivity index (χ0n) is 15.0. The Kier molecular flexibility index (Phi) is 3.73. The molecule has 2 aliphatic carbocycles. The van der Waals surface area contributed by atoms with Gasteiger partial charge in [0.05, 0.1) is 4.92 Å². The van der Waals surface area contributed by atoms with E-state index in [0.717, 1.165) is 12.8 Å². The van der Waals surface area contributed by atoms with E-state index >= 15 is 0 Å². The fourth-order valence-electron chi connectivity index (χ4n) is 4.90. The number of nitrogens with zero attached hydrogens (tertiary/aromatic N) is 3. The van der Waals surface area contributed by atoms with Crippen LogP contribution in [0.5, 0.6) is 0 Å². The Bertz CT molecular complexity index is 709. The predicted octanol–water partition coefficient (Wildman–Crippen LogP) is 2.74. The van der Waals surface area contributed by atoms with Crippen LogP contribution in [0.4, 0.5) is 5.69 Å². The zero-order chi connectivity index (χ0) is 17.9. The van der Waals surface area contributed by atoms with Crippen LogP contribution in [0, 0.1) is 40.7 Å². The SMILES string of the molecule is Cc1nn(CC(=O)N[C@@H]2C[C@@H]3CC[C@@]2(C)C3(C)C)c(C)c1[N+](=O)[O-]. The van der Waals surface area contributed by atoms with Crippen LogP contribution in [0.2, 0.25) is 0 Å². The Morgan fingerprint density at radius 3 is 2.54 bits per heavy atom. The molecule has 1 N–H and O–H groups in total. The smallest absolute Gasteiger partial charge is 0.312 e. The number of rotatable bonds is 4. The van der Waals surface area contributed by atoms with Gasteiger partial charge in [0.1, 0.15) is 17.9 Å². The Hall–Kier alpha value is -1.92. The summed E-state index contributed by atoms with van der Waals surface area (Å²) in [6.45, 7) is 10.1. The second kappa shape index (κ2) is 5.29. The van der Waals surface area contributed by atoms with Crippen molar-refractivity contribution < 1.29 is 9.72 Å². The van der Waals surface area contributed by atoms with Crippen molar-refractivity contribution in [1.82, 2.24) is 15.1 Å². The monoisotopic (exact) mass is 334 g/mol. The molecule has 0 saturated heterocycles. The predicted molar refractivity (Wildman–Crippen MR) is 89.5 cm³/mol. The van der Waals surface area contributed by atoms with Gasteiger partial charge in [-0.15, -0.1) is 0 Å². The van der Waals surface area contributed by atoms with Crippen LogP contribution in [-0.4, -0.2) is 26.7 Å². The number of hydrogen-bond acceptors (Lipinski definition) is 4. The van der Waals surface area contributed by atoms with Crippen LogP contribution in [0.3, 0.4) is 0 Å². The molecule has 2 bridgehead atoms. The number of aryl methyl sites for hydroxylation is 1. The summed E-state index contributed by atoms with van der Waals surface area (Å²) in [5, 5.41) is 18.4. The van der Waals surface area contributed by atoms with Gasteiger partial charge in [0, 0.05) is 6.04 Å². The Balaban J connectivity index is 1.72. The van der Waals surface area contributed by atoms with Crippen molar-refractivity contribution in [2.45, 2.75) is 66.5 Å². The molecule has 1 heterocycles. The first-order valence-corrected chi connectivity index (χ1v) is 8.55. The van der Waals surface area contributed by atoms with E-state index in [0.29, 0.717) is 17.3 Å². The molecule has 2 saturated carbocycles. The quantitative estimate of drug-likeness (QED) is 0.677. The fourth-order valence-corrected chi connectivity index (χ4v) is 4.90. The van der Waals surface area contributed by atoms with E-state index in [1.165, 1.54) is 11.1 Å². The normalized spacial score (nSPS) is 30.5. The standard InChI is InChI=1S/C17H26N4O3/c1-10-15(21(23)24)11(2)20(19-10)9-14(22)18-13-8-12-6-7-17(13,5)16(12,3)4/h12-13H,6-9H2,1-5H3,(H,18,22)/t12-,13+,17+/m0/s1. The fraction of sp³-hybridized carbons (Fsp3) is 0.765. The Labute approximate surface area is 142 Å². The van der Waals surface area contributed by atoms with E-state index in [4.69, 9.17) is 0 Å². The number of amides is 1. The largest absolute Gasteiger partial charge is 0.351 e. The van der Waals surface area contributed by atoms with Gasteiger partial charge in [0.25, 0.3) is 0 Å². The molecule has 0 unspecified atom stereocenters. The van der Waals surface area contributed by atoms with Crippen molar-refractivity contribution in [2.24, 2.45) is 16.7 Å². The second-order valence-corrected chi connectivity index (χ2v) is 8.16. The summed E-state index contributed by atoms with van der Waals surface area (Å²) in [6, 6.07) is 0.172. The highest BCUT2D eigenvalue weighted by Crippen LogP contribution is 2.65. The Morgan fingerprint density at radius 2 is 2.08 bits per heavy atom. The van der Waals surface area contributed by atoms with Crippen molar-refractivity contribution in [1.29, 1.82) is 0 Å². The van der Waals surface area contributed by atoms with E-state index in [2.05, 4.69) is 31.2 Å². The first-order chi connectivity index (χ1) is 11.1. The molecule has 2 fully saturated rings. The number of nitro groups is 1. The number of nitrogens with one attached hydrogen (secondary N) is 1. The maximum absolute atomic E-state index is 12.5. The van der Waals surface area contributed by atoms with Crippen molar-refractivity contribution in [3.8, 4) is 0 Å². The molecule has 2 aliphatic rings. The highest BCUT2D eigenvalue weighted by Gasteiger charge is 2.61. The van der Waals surface area contributed by atoms with Gasteiger partial charge >= 0.3 is 5.69 Å². The molecule has 7 heteroatoms.